The van der Waals surface area contributed by atoms with E-state index in [1.54, 1.807) is 7.11 Å². The van der Waals surface area contributed by atoms with Crippen molar-refractivity contribution in [3.05, 3.63) is 54.1 Å². The normalized spacial score (nSPS) is 11.9. The van der Waals surface area contributed by atoms with Crippen LogP contribution in [0.2, 0.25) is 0 Å². The Hall–Kier alpha value is -2.00. The fourth-order valence-corrected chi connectivity index (χ4v) is 2.23. The van der Waals surface area contributed by atoms with Crippen molar-refractivity contribution in [3.8, 4) is 17.2 Å². The van der Waals surface area contributed by atoms with Gasteiger partial charge in [0.15, 0.2) is 0 Å². The molecule has 3 heteroatoms. The van der Waals surface area contributed by atoms with Crippen molar-refractivity contribution < 1.29 is 9.47 Å². The van der Waals surface area contributed by atoms with Gasteiger partial charge in [0.2, 0.25) is 0 Å². The lowest BCUT2D eigenvalue weighted by molar-refractivity contribution is 0.407. The Bertz CT molecular complexity index is 550. The maximum Gasteiger partial charge on any atom is 0.132 e. The van der Waals surface area contributed by atoms with E-state index in [-0.39, 0.29) is 6.04 Å². The number of methoxy groups -OCH3 is 1. The molecule has 2 aromatic carbocycles. The van der Waals surface area contributed by atoms with Crippen LogP contribution in [0.1, 0.15) is 24.9 Å². The van der Waals surface area contributed by atoms with Crippen molar-refractivity contribution >= 4 is 0 Å². The van der Waals surface area contributed by atoms with Gasteiger partial charge in [-0.1, -0.05) is 31.2 Å². The molecule has 2 rings (SSSR count). The second-order valence-corrected chi connectivity index (χ2v) is 4.57. The Balaban J connectivity index is 2.28. The minimum atomic E-state index is 0.289. The zero-order chi connectivity index (χ0) is 14.4. The highest BCUT2D eigenvalue weighted by atomic mass is 16.5. The molecule has 0 amide bonds. The number of rotatable bonds is 6. The first kappa shape index (κ1) is 14.4. The Labute approximate surface area is 120 Å². The van der Waals surface area contributed by atoms with Crippen LogP contribution in [0.5, 0.6) is 17.2 Å². The maximum atomic E-state index is 6.02. The number of ether oxygens (including phenoxy) is 2. The second kappa shape index (κ2) is 6.96. The van der Waals surface area contributed by atoms with E-state index in [9.17, 15) is 0 Å². The molecule has 1 N–H and O–H groups in total. The molecular weight excluding hydrogens is 250 g/mol. The van der Waals surface area contributed by atoms with Crippen LogP contribution in [0.4, 0.5) is 0 Å². The highest BCUT2D eigenvalue weighted by molar-refractivity contribution is 5.41. The zero-order valence-electron chi connectivity index (χ0n) is 12.2. The molecule has 0 aliphatic rings. The first-order valence-electron chi connectivity index (χ1n) is 6.86. The minimum absolute atomic E-state index is 0.289. The molecule has 2 aromatic rings. The molecule has 106 valence electrons. The number of benzene rings is 2. The lowest BCUT2D eigenvalue weighted by Crippen LogP contribution is -2.15. The van der Waals surface area contributed by atoms with Crippen LogP contribution >= 0.6 is 0 Å². The van der Waals surface area contributed by atoms with Crippen molar-refractivity contribution in [2.45, 2.75) is 19.4 Å². The first-order chi connectivity index (χ1) is 9.78. The smallest absolute Gasteiger partial charge is 0.132 e. The third-order valence-electron chi connectivity index (χ3n) is 3.32. The van der Waals surface area contributed by atoms with Gasteiger partial charge in [-0.2, -0.15) is 0 Å². The van der Waals surface area contributed by atoms with E-state index < -0.39 is 0 Å². The lowest BCUT2D eigenvalue weighted by Gasteiger charge is -2.18. The van der Waals surface area contributed by atoms with Crippen LogP contribution in [0, 0.1) is 0 Å². The largest absolute Gasteiger partial charge is 0.497 e. The molecule has 0 bridgehead atoms. The molecule has 20 heavy (non-hydrogen) atoms. The predicted octanol–water partition coefficient (Wildman–Crippen LogP) is 4.16. The van der Waals surface area contributed by atoms with Gasteiger partial charge in [-0.3, -0.25) is 0 Å². The van der Waals surface area contributed by atoms with Crippen molar-refractivity contribution in [1.29, 1.82) is 0 Å². The summed E-state index contributed by atoms with van der Waals surface area (Å²) in [5.74, 6) is 2.45. The highest BCUT2D eigenvalue weighted by Gasteiger charge is 2.12. The van der Waals surface area contributed by atoms with Gasteiger partial charge in [0, 0.05) is 17.7 Å². The van der Waals surface area contributed by atoms with Crippen molar-refractivity contribution in [3.63, 3.8) is 0 Å². The van der Waals surface area contributed by atoms with E-state index in [2.05, 4.69) is 18.3 Å². The van der Waals surface area contributed by atoms with Gasteiger partial charge in [0.25, 0.3) is 0 Å². The van der Waals surface area contributed by atoms with Crippen LogP contribution in [0.25, 0.3) is 0 Å². The van der Waals surface area contributed by atoms with Crippen LogP contribution in [0.15, 0.2) is 48.5 Å². The quantitative estimate of drug-likeness (QED) is 0.855. The number of para-hydroxylation sites is 1. The molecule has 0 saturated heterocycles. The van der Waals surface area contributed by atoms with Crippen LogP contribution in [-0.2, 0) is 0 Å². The van der Waals surface area contributed by atoms with Crippen molar-refractivity contribution in [2.75, 3.05) is 14.2 Å². The topological polar surface area (TPSA) is 30.5 Å². The molecule has 0 saturated carbocycles. The molecule has 0 heterocycles. The third kappa shape index (κ3) is 3.31. The molecule has 1 unspecified atom stereocenters. The van der Waals surface area contributed by atoms with E-state index >= 15 is 0 Å². The molecular formula is C17H21NO2. The third-order valence-corrected chi connectivity index (χ3v) is 3.32. The summed E-state index contributed by atoms with van der Waals surface area (Å²) in [6.45, 7) is 2.16. The summed E-state index contributed by atoms with van der Waals surface area (Å²) < 4.78 is 11.2. The molecule has 0 fully saturated rings. The summed E-state index contributed by atoms with van der Waals surface area (Å²) in [7, 11) is 3.62. The summed E-state index contributed by atoms with van der Waals surface area (Å²) in [6, 6.07) is 16.0. The van der Waals surface area contributed by atoms with E-state index in [1.807, 2.05) is 49.5 Å². The molecule has 0 aromatic heterocycles. The van der Waals surface area contributed by atoms with E-state index in [4.69, 9.17) is 9.47 Å². The SMILES string of the molecule is CCC(NC)c1ccccc1Oc1cccc(OC)c1. The standard InChI is InChI=1S/C17H21NO2/c1-4-16(18-2)15-10-5-6-11-17(15)20-14-9-7-8-13(12-14)19-3/h5-12,16,18H,4H2,1-3H3. The Morgan fingerprint density at radius 1 is 1.05 bits per heavy atom. The number of hydrogen-bond acceptors (Lipinski definition) is 3. The van der Waals surface area contributed by atoms with Gasteiger partial charge in [-0.25, -0.2) is 0 Å². The van der Waals surface area contributed by atoms with Crippen LogP contribution in [0.3, 0.4) is 0 Å². The average molecular weight is 271 g/mol. The molecule has 1 atom stereocenters. The van der Waals surface area contributed by atoms with E-state index in [1.165, 1.54) is 5.56 Å². The van der Waals surface area contributed by atoms with Crippen molar-refractivity contribution in [2.24, 2.45) is 0 Å². The fourth-order valence-electron chi connectivity index (χ4n) is 2.23. The van der Waals surface area contributed by atoms with Gasteiger partial charge in [0.1, 0.15) is 17.2 Å². The van der Waals surface area contributed by atoms with E-state index in [0.717, 1.165) is 23.7 Å². The second-order valence-electron chi connectivity index (χ2n) is 4.57. The van der Waals surface area contributed by atoms with Gasteiger partial charge >= 0.3 is 0 Å². The molecule has 0 aliphatic carbocycles. The first-order valence-corrected chi connectivity index (χ1v) is 6.86. The number of nitrogens with one attached hydrogen (secondary N) is 1. The summed E-state index contributed by atoms with van der Waals surface area (Å²) in [6.07, 6.45) is 1.01. The van der Waals surface area contributed by atoms with Crippen molar-refractivity contribution in [1.82, 2.24) is 5.32 Å². The summed E-state index contributed by atoms with van der Waals surface area (Å²) in [4.78, 5) is 0. The minimum Gasteiger partial charge on any atom is -0.497 e. The summed E-state index contributed by atoms with van der Waals surface area (Å²) in [5.41, 5.74) is 1.17. The lowest BCUT2D eigenvalue weighted by atomic mass is 10.0. The summed E-state index contributed by atoms with van der Waals surface area (Å²) >= 11 is 0. The van der Waals surface area contributed by atoms with Crippen LogP contribution < -0.4 is 14.8 Å². The zero-order valence-corrected chi connectivity index (χ0v) is 12.2. The maximum absolute atomic E-state index is 6.02. The Morgan fingerprint density at radius 3 is 2.50 bits per heavy atom. The fraction of sp³-hybridized carbons (Fsp3) is 0.294. The van der Waals surface area contributed by atoms with Gasteiger partial charge in [-0.15, -0.1) is 0 Å². The average Bonchev–Trinajstić information content (AvgIpc) is 2.50. The highest BCUT2D eigenvalue weighted by Crippen LogP contribution is 2.31. The van der Waals surface area contributed by atoms with Gasteiger partial charge in [0.05, 0.1) is 7.11 Å². The van der Waals surface area contributed by atoms with Gasteiger partial charge < -0.3 is 14.8 Å². The predicted molar refractivity (Wildman–Crippen MR) is 81.6 cm³/mol. The Kier molecular flexibility index (Phi) is 5.02. The molecule has 0 radical (unpaired) electrons. The molecule has 0 aliphatic heterocycles. The van der Waals surface area contributed by atoms with Gasteiger partial charge in [-0.05, 0) is 31.7 Å². The Morgan fingerprint density at radius 2 is 1.80 bits per heavy atom. The molecule has 3 nitrogen and oxygen atoms in total. The molecule has 0 spiro atoms. The summed E-state index contributed by atoms with van der Waals surface area (Å²) in [5, 5.41) is 3.31. The van der Waals surface area contributed by atoms with E-state index in [0.29, 0.717) is 0 Å². The monoisotopic (exact) mass is 271 g/mol. The van der Waals surface area contributed by atoms with Crippen LogP contribution in [-0.4, -0.2) is 14.2 Å². The number of hydrogen-bond donors (Lipinski definition) is 1.